The Hall–Kier alpha value is -3.60. The molecule has 0 bridgehead atoms. The van der Waals surface area contributed by atoms with Crippen LogP contribution in [0.3, 0.4) is 0 Å². The number of rotatable bonds is 4. The number of piperazine rings is 1. The third-order valence-electron chi connectivity index (χ3n) is 5.28. The number of anilines is 1. The zero-order chi connectivity index (χ0) is 20.2. The Kier molecular flexibility index (Phi) is 5.29. The second-order valence-electron chi connectivity index (χ2n) is 7.03. The molecule has 0 N–H and O–H groups in total. The standard InChI is InChI=1S/C24H22N2O3/c27-23(21-8-4-5-9-22(21)24(28)29)26-16-14-25(15-17-26)20-12-10-19(11-13-20)18-6-2-1-3-7-18/h1-13H,14-17H2,(H,28,29)/p-1. The molecule has 1 aliphatic heterocycles. The molecule has 3 aromatic rings. The summed E-state index contributed by atoms with van der Waals surface area (Å²) >= 11 is 0. The van der Waals surface area contributed by atoms with Gasteiger partial charge in [0.1, 0.15) is 0 Å². The smallest absolute Gasteiger partial charge is 0.254 e. The molecule has 146 valence electrons. The minimum absolute atomic E-state index is 0.0589. The lowest BCUT2D eigenvalue weighted by Gasteiger charge is -2.36. The number of hydrogen-bond acceptors (Lipinski definition) is 4. The van der Waals surface area contributed by atoms with Gasteiger partial charge in [-0.2, -0.15) is 0 Å². The van der Waals surface area contributed by atoms with E-state index in [2.05, 4.69) is 41.3 Å². The Morgan fingerprint density at radius 2 is 1.21 bits per heavy atom. The first-order chi connectivity index (χ1) is 14.1. The molecule has 29 heavy (non-hydrogen) atoms. The average Bonchev–Trinajstić information content (AvgIpc) is 2.79. The normalized spacial score (nSPS) is 13.9. The van der Waals surface area contributed by atoms with Gasteiger partial charge in [0, 0.05) is 43.0 Å². The fourth-order valence-corrected chi connectivity index (χ4v) is 3.68. The van der Waals surface area contributed by atoms with Gasteiger partial charge < -0.3 is 19.7 Å². The molecular formula is C24H21N2O3-. The summed E-state index contributed by atoms with van der Waals surface area (Å²) < 4.78 is 0. The van der Waals surface area contributed by atoms with E-state index >= 15 is 0 Å². The predicted octanol–water partition coefficient (Wildman–Crippen LogP) is 2.68. The van der Waals surface area contributed by atoms with Crippen LogP contribution in [0, 0.1) is 0 Å². The first kappa shape index (κ1) is 18.7. The summed E-state index contributed by atoms with van der Waals surface area (Å²) in [5.41, 5.74) is 3.60. The van der Waals surface area contributed by atoms with Gasteiger partial charge in [-0.25, -0.2) is 0 Å². The van der Waals surface area contributed by atoms with Crippen molar-refractivity contribution < 1.29 is 14.7 Å². The molecule has 0 radical (unpaired) electrons. The Morgan fingerprint density at radius 1 is 0.655 bits per heavy atom. The molecule has 0 aromatic heterocycles. The number of carbonyl (C=O) groups excluding carboxylic acids is 2. The van der Waals surface area contributed by atoms with Crippen molar-refractivity contribution >= 4 is 17.6 Å². The van der Waals surface area contributed by atoms with Crippen LogP contribution in [0.5, 0.6) is 0 Å². The molecule has 0 spiro atoms. The van der Waals surface area contributed by atoms with Gasteiger partial charge in [-0.1, -0.05) is 60.7 Å². The van der Waals surface area contributed by atoms with E-state index in [0.29, 0.717) is 26.2 Å². The first-order valence-corrected chi connectivity index (χ1v) is 9.63. The van der Waals surface area contributed by atoms with Crippen LogP contribution in [0.1, 0.15) is 20.7 Å². The lowest BCUT2D eigenvalue weighted by atomic mass is 10.0. The molecule has 5 nitrogen and oxygen atoms in total. The minimum atomic E-state index is -1.33. The lowest BCUT2D eigenvalue weighted by molar-refractivity contribution is -0.255. The summed E-state index contributed by atoms with van der Waals surface area (Å²) in [7, 11) is 0. The van der Waals surface area contributed by atoms with Crippen molar-refractivity contribution in [3.8, 4) is 11.1 Å². The molecule has 1 heterocycles. The summed E-state index contributed by atoms with van der Waals surface area (Å²) in [4.78, 5) is 28.0. The lowest BCUT2D eigenvalue weighted by Crippen LogP contribution is -2.49. The second-order valence-corrected chi connectivity index (χ2v) is 7.03. The van der Waals surface area contributed by atoms with E-state index in [1.54, 1.807) is 23.1 Å². The van der Waals surface area contributed by atoms with Crippen LogP contribution in [-0.2, 0) is 0 Å². The zero-order valence-corrected chi connectivity index (χ0v) is 16.0. The quantitative estimate of drug-likeness (QED) is 0.693. The minimum Gasteiger partial charge on any atom is -0.545 e. The van der Waals surface area contributed by atoms with Crippen LogP contribution in [-0.4, -0.2) is 43.0 Å². The van der Waals surface area contributed by atoms with E-state index in [4.69, 9.17) is 0 Å². The Bertz CT molecular complexity index is 1010. The summed E-state index contributed by atoms with van der Waals surface area (Å²) in [6.07, 6.45) is 0. The number of amides is 1. The molecule has 0 saturated carbocycles. The molecule has 1 aliphatic rings. The van der Waals surface area contributed by atoms with E-state index in [1.165, 1.54) is 17.2 Å². The van der Waals surface area contributed by atoms with E-state index < -0.39 is 5.97 Å². The van der Waals surface area contributed by atoms with Crippen molar-refractivity contribution in [1.29, 1.82) is 0 Å². The molecule has 4 rings (SSSR count). The maximum Gasteiger partial charge on any atom is 0.254 e. The summed E-state index contributed by atoms with van der Waals surface area (Å²) in [6.45, 7) is 2.48. The maximum absolute atomic E-state index is 12.8. The molecule has 0 unspecified atom stereocenters. The molecule has 0 atom stereocenters. The molecule has 1 saturated heterocycles. The van der Waals surface area contributed by atoms with E-state index in [-0.39, 0.29) is 17.0 Å². The van der Waals surface area contributed by atoms with Gasteiger partial charge in [-0.05, 0) is 29.3 Å². The van der Waals surface area contributed by atoms with Crippen LogP contribution in [0.2, 0.25) is 0 Å². The molecule has 1 fully saturated rings. The number of carbonyl (C=O) groups is 2. The number of carboxylic acid groups (broad SMARTS) is 1. The van der Waals surface area contributed by atoms with Crippen molar-refractivity contribution in [1.82, 2.24) is 4.90 Å². The van der Waals surface area contributed by atoms with Gasteiger partial charge >= 0.3 is 0 Å². The fraction of sp³-hybridized carbons (Fsp3) is 0.167. The summed E-state index contributed by atoms with van der Waals surface area (Å²) in [5.74, 6) is -1.59. The highest BCUT2D eigenvalue weighted by Gasteiger charge is 2.24. The van der Waals surface area contributed by atoms with Gasteiger partial charge in [0.15, 0.2) is 0 Å². The number of hydrogen-bond donors (Lipinski definition) is 0. The van der Waals surface area contributed by atoms with Gasteiger partial charge in [-0.3, -0.25) is 4.79 Å². The maximum atomic E-state index is 12.8. The number of nitrogens with zero attached hydrogens (tertiary/aromatic N) is 2. The van der Waals surface area contributed by atoms with E-state index in [1.807, 2.05) is 18.2 Å². The van der Waals surface area contributed by atoms with Crippen LogP contribution in [0.25, 0.3) is 11.1 Å². The van der Waals surface area contributed by atoms with E-state index in [9.17, 15) is 14.7 Å². The van der Waals surface area contributed by atoms with Crippen molar-refractivity contribution in [3.63, 3.8) is 0 Å². The van der Waals surface area contributed by atoms with Crippen LogP contribution in [0.15, 0.2) is 78.9 Å². The van der Waals surface area contributed by atoms with Crippen LogP contribution in [0.4, 0.5) is 5.69 Å². The molecule has 0 aliphatic carbocycles. The van der Waals surface area contributed by atoms with Crippen LogP contribution >= 0.6 is 0 Å². The first-order valence-electron chi connectivity index (χ1n) is 9.63. The van der Waals surface area contributed by atoms with Crippen molar-refractivity contribution in [2.45, 2.75) is 0 Å². The highest BCUT2D eigenvalue weighted by Crippen LogP contribution is 2.24. The highest BCUT2D eigenvalue weighted by atomic mass is 16.4. The largest absolute Gasteiger partial charge is 0.545 e. The second kappa shape index (κ2) is 8.19. The van der Waals surface area contributed by atoms with Gasteiger partial charge in [0.2, 0.25) is 0 Å². The van der Waals surface area contributed by atoms with Gasteiger partial charge in [0.25, 0.3) is 5.91 Å². The molecule has 3 aromatic carbocycles. The third-order valence-corrected chi connectivity index (χ3v) is 5.28. The van der Waals surface area contributed by atoms with Crippen LogP contribution < -0.4 is 10.0 Å². The molecule has 1 amide bonds. The summed E-state index contributed by atoms with van der Waals surface area (Å²) in [5, 5.41) is 11.3. The third kappa shape index (κ3) is 3.99. The Labute approximate surface area is 169 Å². The summed E-state index contributed by atoms with van der Waals surface area (Å²) in [6, 6.07) is 24.9. The van der Waals surface area contributed by atoms with Crippen molar-refractivity contribution in [3.05, 3.63) is 90.0 Å². The average molecular weight is 385 g/mol. The zero-order valence-electron chi connectivity index (χ0n) is 16.0. The topological polar surface area (TPSA) is 63.7 Å². The van der Waals surface area contributed by atoms with E-state index in [0.717, 1.165) is 5.69 Å². The fourth-order valence-electron chi connectivity index (χ4n) is 3.68. The number of carboxylic acids is 1. The van der Waals surface area contributed by atoms with Crippen molar-refractivity contribution in [2.75, 3.05) is 31.1 Å². The van der Waals surface area contributed by atoms with Crippen molar-refractivity contribution in [2.24, 2.45) is 0 Å². The number of aromatic carboxylic acids is 1. The SMILES string of the molecule is O=C([O-])c1ccccc1C(=O)N1CCN(c2ccc(-c3ccccc3)cc2)CC1. The Balaban J connectivity index is 1.42. The predicted molar refractivity (Wildman–Crippen MR) is 111 cm³/mol. The Morgan fingerprint density at radius 3 is 1.83 bits per heavy atom. The highest BCUT2D eigenvalue weighted by molar-refractivity contribution is 6.04. The van der Waals surface area contributed by atoms with Gasteiger partial charge in [-0.15, -0.1) is 0 Å². The molecular weight excluding hydrogens is 364 g/mol. The monoisotopic (exact) mass is 385 g/mol. The number of benzene rings is 3. The van der Waals surface area contributed by atoms with Gasteiger partial charge in [0.05, 0.1) is 5.97 Å². The molecule has 5 heteroatoms.